The summed E-state index contributed by atoms with van der Waals surface area (Å²) in [4.78, 5) is 46.1. The van der Waals surface area contributed by atoms with Crippen molar-refractivity contribution in [3.63, 3.8) is 0 Å². The van der Waals surface area contributed by atoms with Crippen LogP contribution in [0.5, 0.6) is 0 Å². The number of hydrogen-bond acceptors (Lipinski definition) is 4. The molecule has 10 nitrogen and oxygen atoms in total. The average Bonchev–Trinajstić information content (AvgIpc) is 1.77. The van der Waals surface area contributed by atoms with E-state index in [9.17, 15) is 8.39 Å². The Morgan fingerprint density at radius 2 is 0.812 bits per heavy atom. The maximum Gasteiger partial charge on any atom is 0.507 e. The molecule has 0 aliphatic heterocycles. The van der Waals surface area contributed by atoms with Crippen molar-refractivity contribution in [2.45, 2.75) is 0 Å². The van der Waals surface area contributed by atoms with E-state index in [0.29, 0.717) is 0 Å². The summed E-state index contributed by atoms with van der Waals surface area (Å²) in [7, 11) is -10.3. The maximum absolute atomic E-state index is 10.4. The molecule has 6 N–H and O–H groups in total. The van der Waals surface area contributed by atoms with E-state index in [0.717, 1.165) is 0 Å². The lowest BCUT2D eigenvalue weighted by Gasteiger charge is -1.78. The topological polar surface area (TPSA) is 190 Å². The van der Waals surface area contributed by atoms with Gasteiger partial charge >= 0.3 is 27.8 Å². The quantitative estimate of drug-likeness (QED) is 0.244. The number of aliphatic carboxylic acids is 2. The van der Waals surface area contributed by atoms with E-state index in [-0.39, 0.29) is 0 Å². The first-order chi connectivity index (χ1) is 6.64. The number of carbonyl (C=O) groups is 2. The second-order valence-corrected chi connectivity index (χ2v) is 3.45. The molecule has 0 fully saturated rings. The summed E-state index contributed by atoms with van der Waals surface area (Å²) >= 11 is 0. The molecule has 0 spiro atoms. The third-order valence-corrected chi connectivity index (χ3v) is 0.183. The first-order valence-corrected chi connectivity index (χ1v) is 5.62. The van der Waals surface area contributed by atoms with Gasteiger partial charge in [-0.3, -0.25) is 19.6 Å². The highest BCUT2D eigenvalue weighted by molar-refractivity contribution is 7.46. The molecular formula is C2H6F2O10P2. The van der Waals surface area contributed by atoms with Gasteiger partial charge in [0.25, 0.3) is 0 Å². The molecule has 0 saturated heterocycles. The highest BCUT2D eigenvalue weighted by Crippen LogP contribution is 2.35. The second-order valence-electron chi connectivity index (χ2n) is 1.56. The molecular weight excluding hydrogens is 284 g/mol. The summed E-state index contributed by atoms with van der Waals surface area (Å²) in [6.07, 6.45) is 0. The molecule has 98 valence electrons. The minimum atomic E-state index is -5.14. The average molecular weight is 290 g/mol. The van der Waals surface area contributed by atoms with Crippen LogP contribution in [0.15, 0.2) is 0 Å². The van der Waals surface area contributed by atoms with Crippen molar-refractivity contribution in [2.24, 2.45) is 0 Å². The lowest BCUT2D eigenvalue weighted by molar-refractivity contribution is -0.159. The van der Waals surface area contributed by atoms with E-state index < -0.39 is 27.8 Å². The summed E-state index contributed by atoms with van der Waals surface area (Å²) in [5.74, 6) is -3.65. The summed E-state index contributed by atoms with van der Waals surface area (Å²) < 4.78 is 38.0. The molecule has 0 unspecified atom stereocenters. The van der Waals surface area contributed by atoms with Gasteiger partial charge in [-0.2, -0.15) is 0 Å². The Kier molecular flexibility index (Phi) is 10.6. The Balaban J connectivity index is -0.000000160. The largest absolute Gasteiger partial charge is 0.507 e. The molecule has 0 aliphatic rings. The predicted octanol–water partition coefficient (Wildman–Crippen LogP) is -0.747. The molecule has 0 atom stereocenters. The normalized spacial score (nSPS) is 10.1. The van der Waals surface area contributed by atoms with E-state index in [1.807, 2.05) is 0 Å². The number of halogens is 2. The fourth-order valence-electron chi connectivity index (χ4n) is 0. The summed E-state index contributed by atoms with van der Waals surface area (Å²) in [6.45, 7) is 0. The van der Waals surface area contributed by atoms with Gasteiger partial charge in [0.15, 0.2) is 0 Å². The van der Waals surface area contributed by atoms with Gasteiger partial charge in [0.1, 0.15) is 0 Å². The van der Waals surface area contributed by atoms with Crippen LogP contribution in [0, 0.1) is 0 Å². The van der Waals surface area contributed by atoms with E-state index in [4.69, 9.17) is 48.5 Å². The Bertz CT molecular complexity index is 264. The molecule has 0 amide bonds. The Morgan fingerprint density at radius 3 is 0.812 bits per heavy atom. The molecule has 14 heteroatoms. The molecule has 0 radical (unpaired) electrons. The number of hydrogen-bond donors (Lipinski definition) is 6. The zero-order valence-electron chi connectivity index (χ0n) is 6.97. The Morgan fingerprint density at radius 1 is 0.750 bits per heavy atom. The first-order valence-electron chi connectivity index (χ1n) is 2.61. The summed E-state index contributed by atoms with van der Waals surface area (Å²) in [6, 6.07) is 0. The van der Waals surface area contributed by atoms with Crippen molar-refractivity contribution in [3.8, 4) is 0 Å². The van der Waals surface area contributed by atoms with Crippen molar-refractivity contribution >= 4 is 27.8 Å². The molecule has 0 aromatic carbocycles. The van der Waals surface area contributed by atoms with Crippen molar-refractivity contribution in [3.05, 3.63) is 0 Å². The van der Waals surface area contributed by atoms with Crippen LogP contribution in [0.1, 0.15) is 0 Å². The second kappa shape index (κ2) is 8.28. The zero-order chi connectivity index (χ0) is 14.2. The van der Waals surface area contributed by atoms with Crippen LogP contribution >= 0.6 is 15.8 Å². The molecule has 0 aliphatic carbocycles. The number of rotatable bonds is 0. The van der Waals surface area contributed by atoms with E-state index >= 15 is 0 Å². The molecule has 0 heterocycles. The van der Waals surface area contributed by atoms with E-state index in [1.165, 1.54) is 0 Å². The van der Waals surface area contributed by atoms with Crippen LogP contribution in [0.2, 0.25) is 0 Å². The van der Waals surface area contributed by atoms with Crippen LogP contribution in [0.3, 0.4) is 0 Å². The lowest BCUT2D eigenvalue weighted by Crippen LogP contribution is -2.09. The van der Waals surface area contributed by atoms with Gasteiger partial charge in [0.05, 0.1) is 0 Å². The third kappa shape index (κ3) is 200. The molecule has 0 aromatic rings. The Labute approximate surface area is 85.7 Å². The van der Waals surface area contributed by atoms with Crippen LogP contribution in [0.25, 0.3) is 0 Å². The van der Waals surface area contributed by atoms with Gasteiger partial charge in [0.2, 0.25) is 0 Å². The minimum absolute atomic E-state index is 1.82. The van der Waals surface area contributed by atoms with Crippen molar-refractivity contribution in [1.29, 1.82) is 0 Å². The van der Waals surface area contributed by atoms with Gasteiger partial charge in [-0.15, -0.1) is 8.39 Å². The number of carboxylic acids is 2. The maximum atomic E-state index is 10.4. The van der Waals surface area contributed by atoms with Crippen LogP contribution in [0.4, 0.5) is 8.39 Å². The SMILES string of the molecule is O=C(O)C(=O)O.O=P(O)(O)F.O=P(O)(O)F. The summed E-state index contributed by atoms with van der Waals surface area (Å²) in [5, 5.41) is 14.8. The monoisotopic (exact) mass is 290 g/mol. The highest BCUT2D eigenvalue weighted by atomic mass is 31.2. The third-order valence-electron chi connectivity index (χ3n) is 0.183. The smallest absolute Gasteiger partial charge is 0.473 e. The zero-order valence-corrected chi connectivity index (χ0v) is 8.76. The van der Waals surface area contributed by atoms with Gasteiger partial charge < -0.3 is 10.2 Å². The molecule has 0 aromatic heterocycles. The fraction of sp³-hybridized carbons (Fsp3) is 0. The van der Waals surface area contributed by atoms with Crippen LogP contribution in [-0.4, -0.2) is 41.7 Å². The standard InChI is InChI=1S/C2H2O4.2FH2O3P/c3-1(4)2(5)6;2*1-5(2,3)4/h(H,3,4)(H,5,6);2*(H2,2,3,4). The lowest BCUT2D eigenvalue weighted by atomic mass is 10.7. The van der Waals surface area contributed by atoms with E-state index in [1.54, 1.807) is 0 Å². The van der Waals surface area contributed by atoms with Crippen LogP contribution < -0.4 is 0 Å². The van der Waals surface area contributed by atoms with Gasteiger partial charge in [0, 0.05) is 0 Å². The minimum Gasteiger partial charge on any atom is -0.473 e. The van der Waals surface area contributed by atoms with Crippen LogP contribution in [-0.2, 0) is 18.7 Å². The van der Waals surface area contributed by atoms with Crippen molar-refractivity contribution in [2.75, 3.05) is 0 Å². The Hall–Kier alpha value is -0.900. The predicted molar refractivity (Wildman–Crippen MR) is 41.6 cm³/mol. The van der Waals surface area contributed by atoms with Gasteiger partial charge in [-0.05, 0) is 0 Å². The summed E-state index contributed by atoms with van der Waals surface area (Å²) in [5.41, 5.74) is 0. The molecule has 16 heavy (non-hydrogen) atoms. The van der Waals surface area contributed by atoms with E-state index in [2.05, 4.69) is 0 Å². The van der Waals surface area contributed by atoms with Crippen molar-refractivity contribution in [1.82, 2.24) is 0 Å². The van der Waals surface area contributed by atoms with Gasteiger partial charge in [-0.25, -0.2) is 18.7 Å². The number of carboxylic acid groups (broad SMARTS) is 2. The fourth-order valence-corrected chi connectivity index (χ4v) is 0. The van der Waals surface area contributed by atoms with Gasteiger partial charge in [-0.1, -0.05) is 0 Å². The van der Waals surface area contributed by atoms with Crippen molar-refractivity contribution < 1.29 is 56.9 Å². The molecule has 0 bridgehead atoms. The molecule has 0 rings (SSSR count). The highest BCUT2D eigenvalue weighted by Gasteiger charge is 2.05. The molecule has 0 saturated carbocycles. The first kappa shape index (κ1) is 20.5.